The highest BCUT2D eigenvalue weighted by Gasteiger charge is 2.33. The molecule has 0 radical (unpaired) electrons. The van der Waals surface area contributed by atoms with Gasteiger partial charge in [-0.05, 0) is 23.8 Å². The number of hydrogen-bond donors (Lipinski definition) is 2. The van der Waals surface area contributed by atoms with Gasteiger partial charge in [0.15, 0.2) is 16.6 Å². The molecule has 1 aliphatic rings. The predicted octanol–water partition coefficient (Wildman–Crippen LogP) is 4.39. The second-order valence-electron chi connectivity index (χ2n) is 6.58. The van der Waals surface area contributed by atoms with Crippen LogP contribution in [0.3, 0.4) is 0 Å². The van der Waals surface area contributed by atoms with E-state index in [0.717, 1.165) is 15.6 Å². The third kappa shape index (κ3) is 3.88. The Morgan fingerprint density at radius 3 is 2.90 bits per heavy atom. The zero-order valence-corrected chi connectivity index (χ0v) is 16.8. The van der Waals surface area contributed by atoms with Gasteiger partial charge in [-0.2, -0.15) is 0 Å². The third-order valence-corrected chi connectivity index (χ3v) is 5.89. The van der Waals surface area contributed by atoms with Crippen LogP contribution in [0.4, 0.5) is 15.3 Å². The molecule has 2 N–H and O–H groups in total. The molecule has 6 nitrogen and oxygen atoms in total. The fraction of sp³-hybridized carbons (Fsp3) is 0.238. The molecule has 0 fully saturated rings. The Bertz CT molecular complexity index is 1050. The van der Waals surface area contributed by atoms with E-state index in [1.54, 1.807) is 32.4 Å². The number of anilines is 2. The molecule has 0 saturated carbocycles. The number of hydrogen-bond acceptors (Lipinski definition) is 6. The first-order chi connectivity index (χ1) is 14.1. The molecule has 2 heterocycles. The van der Waals surface area contributed by atoms with Crippen molar-refractivity contribution in [1.29, 1.82) is 0 Å². The molecule has 150 valence electrons. The van der Waals surface area contributed by atoms with E-state index in [1.165, 1.54) is 23.5 Å². The van der Waals surface area contributed by atoms with Crippen LogP contribution in [0.1, 0.15) is 28.3 Å². The van der Waals surface area contributed by atoms with Gasteiger partial charge in [-0.15, -0.1) is 0 Å². The average molecular weight is 413 g/mol. The lowest BCUT2D eigenvalue weighted by Crippen LogP contribution is -2.23. The highest BCUT2D eigenvalue weighted by molar-refractivity contribution is 7.16. The Balaban J connectivity index is 1.72. The van der Waals surface area contributed by atoms with Crippen LogP contribution in [0.2, 0.25) is 0 Å². The summed E-state index contributed by atoms with van der Waals surface area (Å²) in [6.07, 6.45) is 0.280. The van der Waals surface area contributed by atoms with Crippen LogP contribution < -0.4 is 20.1 Å². The van der Waals surface area contributed by atoms with Gasteiger partial charge in [0.1, 0.15) is 18.2 Å². The number of thiazole rings is 1. The quantitative estimate of drug-likeness (QED) is 0.627. The molecule has 0 aliphatic carbocycles. The van der Waals surface area contributed by atoms with Crippen LogP contribution in [0.25, 0.3) is 0 Å². The molecule has 1 unspecified atom stereocenters. The molecule has 0 saturated heterocycles. The van der Waals surface area contributed by atoms with Gasteiger partial charge in [0.25, 0.3) is 0 Å². The summed E-state index contributed by atoms with van der Waals surface area (Å²) in [5.74, 6) is 1.04. The fourth-order valence-electron chi connectivity index (χ4n) is 3.38. The van der Waals surface area contributed by atoms with Crippen LogP contribution in [0.15, 0.2) is 42.5 Å². The summed E-state index contributed by atoms with van der Waals surface area (Å²) in [5, 5.41) is 6.59. The molecule has 1 amide bonds. The van der Waals surface area contributed by atoms with Gasteiger partial charge >= 0.3 is 0 Å². The fourth-order valence-corrected chi connectivity index (χ4v) is 4.37. The predicted molar refractivity (Wildman–Crippen MR) is 110 cm³/mol. The topological polar surface area (TPSA) is 72.5 Å². The number of halogens is 1. The van der Waals surface area contributed by atoms with Gasteiger partial charge in [-0.1, -0.05) is 35.6 Å². The Labute approximate surface area is 171 Å². The van der Waals surface area contributed by atoms with Gasteiger partial charge in [0.2, 0.25) is 5.91 Å². The van der Waals surface area contributed by atoms with E-state index >= 15 is 0 Å². The first-order valence-corrected chi connectivity index (χ1v) is 9.93. The molecule has 29 heavy (non-hydrogen) atoms. The van der Waals surface area contributed by atoms with Crippen molar-refractivity contribution in [3.05, 3.63) is 64.3 Å². The number of carbonyl (C=O) groups excluding carboxylic acids is 1. The van der Waals surface area contributed by atoms with Crippen molar-refractivity contribution in [2.45, 2.75) is 18.9 Å². The summed E-state index contributed by atoms with van der Waals surface area (Å²) >= 11 is 1.50. The zero-order valence-electron chi connectivity index (χ0n) is 16.0. The normalized spacial score (nSPS) is 15.4. The van der Waals surface area contributed by atoms with Crippen molar-refractivity contribution < 1.29 is 18.7 Å². The molecule has 0 spiro atoms. The maximum Gasteiger partial charge on any atom is 0.226 e. The van der Waals surface area contributed by atoms with Crippen molar-refractivity contribution in [2.75, 3.05) is 24.8 Å². The number of nitrogens with zero attached hydrogens (tertiary/aromatic N) is 1. The first-order valence-electron chi connectivity index (χ1n) is 9.11. The smallest absolute Gasteiger partial charge is 0.226 e. The van der Waals surface area contributed by atoms with E-state index in [2.05, 4.69) is 15.6 Å². The van der Waals surface area contributed by atoms with Gasteiger partial charge < -0.3 is 20.1 Å². The van der Waals surface area contributed by atoms with Crippen LogP contribution in [0.5, 0.6) is 11.5 Å². The number of rotatable bonds is 6. The monoisotopic (exact) mass is 413 g/mol. The number of aromatic nitrogens is 1. The lowest BCUT2D eigenvalue weighted by atomic mass is 9.90. The summed E-state index contributed by atoms with van der Waals surface area (Å²) in [6.45, 7) is 0.182. The van der Waals surface area contributed by atoms with Gasteiger partial charge in [0, 0.05) is 24.9 Å². The summed E-state index contributed by atoms with van der Waals surface area (Å²) < 4.78 is 25.1. The van der Waals surface area contributed by atoms with E-state index in [1.807, 2.05) is 12.1 Å². The minimum atomic E-state index is -0.316. The molecule has 1 atom stereocenters. The maximum atomic E-state index is 13.5. The number of carbonyl (C=O) groups is 1. The van der Waals surface area contributed by atoms with Gasteiger partial charge in [0.05, 0.1) is 12.0 Å². The molecule has 1 aromatic heterocycles. The van der Waals surface area contributed by atoms with Crippen molar-refractivity contribution in [3.8, 4) is 11.5 Å². The lowest BCUT2D eigenvalue weighted by molar-refractivity contribution is -0.116. The highest BCUT2D eigenvalue weighted by Crippen LogP contribution is 2.47. The molecular weight excluding hydrogens is 393 g/mol. The molecule has 4 rings (SSSR count). The Morgan fingerprint density at radius 2 is 2.14 bits per heavy atom. The summed E-state index contributed by atoms with van der Waals surface area (Å²) in [4.78, 5) is 17.7. The number of para-hydroxylation sites is 1. The number of fused-ring (bicyclic) bond motifs is 1. The molecule has 8 heteroatoms. The van der Waals surface area contributed by atoms with Crippen LogP contribution in [-0.2, 0) is 11.4 Å². The second kappa shape index (κ2) is 8.08. The minimum Gasteiger partial charge on any atom is -0.493 e. The Morgan fingerprint density at radius 1 is 1.31 bits per heavy atom. The third-order valence-electron chi connectivity index (χ3n) is 4.71. The van der Waals surface area contributed by atoms with Crippen molar-refractivity contribution >= 4 is 28.2 Å². The largest absolute Gasteiger partial charge is 0.493 e. The number of ether oxygens (including phenoxy) is 2. The lowest BCUT2D eigenvalue weighted by Gasteiger charge is -2.24. The van der Waals surface area contributed by atoms with Crippen LogP contribution in [-0.4, -0.2) is 25.0 Å². The molecule has 2 aromatic carbocycles. The number of methoxy groups -OCH3 is 1. The average Bonchev–Trinajstić information content (AvgIpc) is 3.14. The maximum absolute atomic E-state index is 13.5. The van der Waals surface area contributed by atoms with Crippen LogP contribution >= 0.6 is 11.3 Å². The molecule has 3 aromatic rings. The zero-order chi connectivity index (χ0) is 20.4. The van der Waals surface area contributed by atoms with Gasteiger partial charge in [-0.3, -0.25) is 4.79 Å². The first kappa shape index (κ1) is 19.2. The summed E-state index contributed by atoms with van der Waals surface area (Å²) in [6, 6.07) is 11.9. The Kier molecular flexibility index (Phi) is 5.35. The molecular formula is C21H20FN3O3S. The van der Waals surface area contributed by atoms with E-state index in [-0.39, 0.29) is 30.7 Å². The van der Waals surface area contributed by atoms with E-state index in [9.17, 15) is 9.18 Å². The van der Waals surface area contributed by atoms with Gasteiger partial charge in [-0.25, -0.2) is 9.37 Å². The number of amides is 1. The second-order valence-corrected chi connectivity index (χ2v) is 7.61. The van der Waals surface area contributed by atoms with Crippen molar-refractivity contribution in [3.63, 3.8) is 0 Å². The standard InChI is InChI=1S/C21H20FN3O3S/c1-23-21-25-20-19(29-21)15(10-17(26)24-20)14-7-4-8-16(27-2)18(14)28-11-12-5-3-6-13(22)9-12/h3-9,15H,10-11H2,1-2H3,(H,23,25)(H,24,26). The highest BCUT2D eigenvalue weighted by atomic mass is 32.1. The molecule has 1 aliphatic heterocycles. The van der Waals surface area contributed by atoms with Crippen molar-refractivity contribution in [1.82, 2.24) is 4.98 Å². The summed E-state index contributed by atoms with van der Waals surface area (Å²) in [5.41, 5.74) is 1.54. The van der Waals surface area contributed by atoms with Crippen LogP contribution in [0, 0.1) is 5.82 Å². The number of nitrogens with one attached hydrogen (secondary N) is 2. The minimum absolute atomic E-state index is 0.102. The summed E-state index contributed by atoms with van der Waals surface area (Å²) in [7, 11) is 3.36. The van der Waals surface area contributed by atoms with E-state index in [4.69, 9.17) is 9.47 Å². The molecule has 0 bridgehead atoms. The van der Waals surface area contributed by atoms with Crippen molar-refractivity contribution in [2.24, 2.45) is 0 Å². The SMILES string of the molecule is CNc1nc2c(s1)C(c1cccc(OC)c1OCc1cccc(F)c1)CC(=O)N2. The Hall–Kier alpha value is -3.13. The number of benzene rings is 2. The van der Waals surface area contributed by atoms with E-state index in [0.29, 0.717) is 22.9 Å². The van der Waals surface area contributed by atoms with E-state index < -0.39 is 0 Å².